The van der Waals surface area contributed by atoms with Crippen molar-refractivity contribution in [2.45, 2.75) is 0 Å². The van der Waals surface area contributed by atoms with Crippen molar-refractivity contribution < 1.29 is 19.2 Å². The normalized spacial score (nSPS) is 16.3. The molecule has 0 saturated heterocycles. The van der Waals surface area contributed by atoms with E-state index in [-0.39, 0.29) is 0 Å². The Morgan fingerprint density at radius 1 is 1.27 bits per heavy atom. The van der Waals surface area contributed by atoms with Crippen LogP contribution in [0.25, 0.3) is 0 Å². The minimum atomic E-state index is -4.64. The Balaban J connectivity index is 0.000000187. The van der Waals surface area contributed by atoms with Crippen LogP contribution in [0.3, 0.4) is 0 Å². The van der Waals surface area contributed by atoms with E-state index in [0.29, 0.717) is 21.2 Å². The van der Waals surface area contributed by atoms with Crippen molar-refractivity contribution in [3.8, 4) is 0 Å². The Bertz CT molecular complexity index is 174. The van der Waals surface area contributed by atoms with Gasteiger partial charge in [-0.25, -0.2) is 4.57 Å². The summed E-state index contributed by atoms with van der Waals surface area (Å²) in [4.78, 5) is 21.6. The average Bonchev–Trinajstić information content (AvgIpc) is 1.88. The SMILES string of the molecule is C1=CC[IH]C=C1.O=P(O)(O)O. The van der Waals surface area contributed by atoms with Crippen molar-refractivity contribution in [1.82, 2.24) is 0 Å². The van der Waals surface area contributed by atoms with E-state index in [1.54, 1.807) is 0 Å². The first-order chi connectivity index (χ1) is 5.00. The van der Waals surface area contributed by atoms with Gasteiger partial charge in [0, 0.05) is 0 Å². The number of rotatable bonds is 0. The molecular weight excluding hydrogens is 282 g/mol. The van der Waals surface area contributed by atoms with Gasteiger partial charge in [-0.05, 0) is 0 Å². The van der Waals surface area contributed by atoms with Crippen molar-refractivity contribution >= 4 is 29.0 Å². The van der Waals surface area contributed by atoms with Crippen LogP contribution in [-0.4, -0.2) is 19.1 Å². The molecule has 0 amide bonds. The number of halogens is 1. The summed E-state index contributed by atoms with van der Waals surface area (Å²) in [5.74, 6) is 0. The van der Waals surface area contributed by atoms with Gasteiger partial charge >= 0.3 is 55.8 Å². The van der Waals surface area contributed by atoms with E-state index in [4.69, 9.17) is 19.2 Å². The number of hydrogen-bond donors (Lipinski definition) is 3. The molecule has 0 atom stereocenters. The number of alkyl halides is 1. The van der Waals surface area contributed by atoms with E-state index in [1.165, 1.54) is 4.43 Å². The maximum atomic E-state index is 8.88. The van der Waals surface area contributed by atoms with E-state index in [1.807, 2.05) is 0 Å². The molecule has 0 aromatic heterocycles. The Morgan fingerprint density at radius 2 is 1.82 bits per heavy atom. The largest absolute Gasteiger partial charge is 0.466 e. The molecule has 0 unspecified atom stereocenters. The molecule has 0 radical (unpaired) electrons. The van der Waals surface area contributed by atoms with Crippen molar-refractivity contribution in [3.05, 3.63) is 22.3 Å². The van der Waals surface area contributed by atoms with E-state index in [2.05, 4.69) is 22.3 Å². The first-order valence-corrected chi connectivity index (χ1v) is 7.27. The van der Waals surface area contributed by atoms with Crippen LogP contribution in [0.2, 0.25) is 0 Å². The van der Waals surface area contributed by atoms with Gasteiger partial charge in [-0.15, -0.1) is 0 Å². The fourth-order valence-electron chi connectivity index (χ4n) is 0.346. The molecule has 0 aromatic carbocycles. The smallest absolute Gasteiger partial charge is 0.303 e. The van der Waals surface area contributed by atoms with Crippen LogP contribution in [0.4, 0.5) is 0 Å². The summed E-state index contributed by atoms with van der Waals surface area (Å²) in [6.45, 7) is 0. The van der Waals surface area contributed by atoms with Crippen LogP contribution in [0.5, 0.6) is 0 Å². The molecule has 0 bridgehead atoms. The Morgan fingerprint density at radius 3 is 1.91 bits per heavy atom. The van der Waals surface area contributed by atoms with Gasteiger partial charge in [-0.3, -0.25) is 0 Å². The van der Waals surface area contributed by atoms with Gasteiger partial charge in [0.1, 0.15) is 0 Å². The molecule has 0 saturated carbocycles. The van der Waals surface area contributed by atoms with Gasteiger partial charge in [0.15, 0.2) is 0 Å². The van der Waals surface area contributed by atoms with Crippen molar-refractivity contribution in [2.75, 3.05) is 4.43 Å². The number of hydrogen-bond acceptors (Lipinski definition) is 1. The monoisotopic (exact) mass is 292 g/mol. The summed E-state index contributed by atoms with van der Waals surface area (Å²) < 4.78 is 12.6. The molecule has 3 N–H and O–H groups in total. The van der Waals surface area contributed by atoms with Crippen LogP contribution in [0, 0.1) is 0 Å². The van der Waals surface area contributed by atoms with Crippen molar-refractivity contribution in [2.24, 2.45) is 0 Å². The zero-order chi connectivity index (χ0) is 8.74. The molecule has 1 aliphatic heterocycles. The second kappa shape index (κ2) is 5.91. The van der Waals surface area contributed by atoms with Crippen molar-refractivity contribution in [1.29, 1.82) is 0 Å². The zero-order valence-electron chi connectivity index (χ0n) is 5.62. The summed E-state index contributed by atoms with van der Waals surface area (Å²) in [5.41, 5.74) is 0. The molecule has 11 heavy (non-hydrogen) atoms. The van der Waals surface area contributed by atoms with Crippen LogP contribution in [0.15, 0.2) is 22.3 Å². The molecular formula is C5H10IO4P. The predicted octanol–water partition coefficient (Wildman–Crippen LogP) is 0.844. The molecule has 0 spiro atoms. The number of allylic oxidation sites excluding steroid dienone is 3. The minimum absolute atomic E-state index is 0.305. The molecule has 1 rings (SSSR count). The van der Waals surface area contributed by atoms with Gasteiger partial charge in [0.25, 0.3) is 0 Å². The summed E-state index contributed by atoms with van der Waals surface area (Å²) >= 11 is 0.305. The Kier molecular flexibility index (Phi) is 6.08. The van der Waals surface area contributed by atoms with Crippen LogP contribution in [-0.2, 0) is 4.57 Å². The van der Waals surface area contributed by atoms with Crippen LogP contribution < -0.4 is 0 Å². The molecule has 6 heteroatoms. The molecule has 1 aliphatic rings. The standard InChI is InChI=1S/C5H7I.H3O4P/c1-2-4-6-5-3-1;1-5(2,3)4/h1-4,6H,5H2;(H3,1,2,3,4). The first-order valence-electron chi connectivity index (χ1n) is 2.72. The molecule has 0 aliphatic carbocycles. The molecule has 66 valence electrons. The fourth-order valence-corrected chi connectivity index (χ4v) is 1.87. The first kappa shape index (κ1) is 11.3. The van der Waals surface area contributed by atoms with Gasteiger partial charge in [0.05, 0.1) is 0 Å². The Labute approximate surface area is 75.1 Å². The van der Waals surface area contributed by atoms with Gasteiger partial charge in [-0.1, -0.05) is 0 Å². The average molecular weight is 292 g/mol. The molecule has 1 heterocycles. The van der Waals surface area contributed by atoms with Crippen molar-refractivity contribution in [3.63, 3.8) is 0 Å². The third kappa shape index (κ3) is 17.9. The summed E-state index contributed by atoms with van der Waals surface area (Å²) in [6.07, 6.45) is 6.50. The van der Waals surface area contributed by atoms with E-state index in [9.17, 15) is 0 Å². The van der Waals surface area contributed by atoms with Gasteiger partial charge in [-0.2, -0.15) is 0 Å². The van der Waals surface area contributed by atoms with Crippen LogP contribution in [0.1, 0.15) is 0 Å². The maximum Gasteiger partial charge on any atom is 0.466 e. The minimum Gasteiger partial charge on any atom is -0.303 e. The van der Waals surface area contributed by atoms with E-state index < -0.39 is 7.82 Å². The third-order valence-electron chi connectivity index (χ3n) is 0.614. The summed E-state index contributed by atoms with van der Waals surface area (Å²) in [5, 5.41) is 0. The second-order valence-corrected chi connectivity index (χ2v) is 5.31. The molecule has 0 aromatic rings. The topological polar surface area (TPSA) is 77.8 Å². The quantitative estimate of drug-likeness (QED) is 0.351. The van der Waals surface area contributed by atoms with Crippen LogP contribution >= 0.6 is 29.0 Å². The Hall–Kier alpha value is 0.320. The number of phosphoric acid groups is 1. The predicted molar refractivity (Wildman–Crippen MR) is 52.8 cm³/mol. The fraction of sp³-hybridized carbons (Fsp3) is 0.200. The third-order valence-corrected chi connectivity index (χ3v) is 2.71. The van der Waals surface area contributed by atoms with Gasteiger partial charge in [0.2, 0.25) is 0 Å². The van der Waals surface area contributed by atoms with Gasteiger partial charge < -0.3 is 14.7 Å². The molecule has 0 fully saturated rings. The van der Waals surface area contributed by atoms with E-state index in [0.717, 1.165) is 0 Å². The maximum absolute atomic E-state index is 8.88. The molecule has 4 nitrogen and oxygen atoms in total. The summed E-state index contributed by atoms with van der Waals surface area (Å²) in [6, 6.07) is 0. The summed E-state index contributed by atoms with van der Waals surface area (Å²) in [7, 11) is -4.64. The van der Waals surface area contributed by atoms with E-state index >= 15 is 0 Å². The second-order valence-electron chi connectivity index (χ2n) is 1.60. The zero-order valence-corrected chi connectivity index (χ0v) is 8.85.